The molecule has 2 rings (SSSR count). The highest BCUT2D eigenvalue weighted by molar-refractivity contribution is 9.10. The zero-order valence-electron chi connectivity index (χ0n) is 8.68. The summed E-state index contributed by atoms with van der Waals surface area (Å²) in [6.07, 6.45) is 1.72. The predicted molar refractivity (Wildman–Crippen MR) is 70.3 cm³/mol. The molecule has 1 aromatic heterocycles. The van der Waals surface area contributed by atoms with E-state index in [-0.39, 0.29) is 17.8 Å². The highest BCUT2D eigenvalue weighted by Crippen LogP contribution is 2.29. The maximum Gasteiger partial charge on any atom is 0.173 e. The van der Waals surface area contributed by atoms with Crippen molar-refractivity contribution in [3.8, 4) is 0 Å². The fraction of sp³-hybridized carbons (Fsp3) is 0.400. The molecule has 6 heteroatoms. The number of nitrogens with one attached hydrogen (secondary N) is 1. The van der Waals surface area contributed by atoms with Gasteiger partial charge in [-0.2, -0.15) is 0 Å². The molecular weight excluding hydrogens is 310 g/mol. The molecule has 0 aromatic carbocycles. The van der Waals surface area contributed by atoms with E-state index in [9.17, 15) is 8.42 Å². The van der Waals surface area contributed by atoms with Crippen LogP contribution in [-0.4, -0.2) is 20.2 Å². The topological polar surface area (TPSA) is 46.2 Å². The molecule has 2 unspecified atom stereocenters. The fourth-order valence-electron chi connectivity index (χ4n) is 1.69. The number of hydrogen-bond donors (Lipinski definition) is 1. The fourth-order valence-corrected chi connectivity index (χ4v) is 4.67. The van der Waals surface area contributed by atoms with Crippen molar-refractivity contribution in [1.82, 2.24) is 5.32 Å². The summed E-state index contributed by atoms with van der Waals surface area (Å²) >= 11 is 5.13. The van der Waals surface area contributed by atoms with Crippen LogP contribution in [-0.2, 0) is 9.84 Å². The van der Waals surface area contributed by atoms with Crippen LogP contribution in [0.2, 0.25) is 0 Å². The molecule has 0 saturated heterocycles. The van der Waals surface area contributed by atoms with Crippen molar-refractivity contribution in [2.45, 2.75) is 19.0 Å². The normalized spacial score (nSPS) is 24.8. The first-order valence-corrected chi connectivity index (χ1v) is 8.26. The van der Waals surface area contributed by atoms with Crippen LogP contribution in [0.3, 0.4) is 0 Å². The number of sulfone groups is 1. The van der Waals surface area contributed by atoms with Gasteiger partial charge < -0.3 is 5.32 Å². The Bertz CT molecular complexity index is 507. The lowest BCUT2D eigenvalue weighted by atomic mass is 10.2. The summed E-state index contributed by atoms with van der Waals surface area (Å²) in [4.78, 5) is 1.19. The molecule has 0 saturated carbocycles. The van der Waals surface area contributed by atoms with Crippen molar-refractivity contribution in [3.05, 3.63) is 32.3 Å². The van der Waals surface area contributed by atoms with Crippen molar-refractivity contribution in [2.24, 2.45) is 0 Å². The lowest BCUT2D eigenvalue weighted by Crippen LogP contribution is -2.32. The number of thiophene rings is 1. The number of hydrogen-bond acceptors (Lipinski definition) is 4. The Labute approximate surface area is 108 Å². The average Bonchev–Trinajstić information content (AvgIpc) is 2.72. The first-order valence-electron chi connectivity index (χ1n) is 4.88. The highest BCUT2D eigenvalue weighted by atomic mass is 79.9. The van der Waals surface area contributed by atoms with Gasteiger partial charge in [-0.05, 0) is 34.3 Å². The van der Waals surface area contributed by atoms with Crippen molar-refractivity contribution in [3.63, 3.8) is 0 Å². The lowest BCUT2D eigenvalue weighted by molar-refractivity contribution is 0.540. The van der Waals surface area contributed by atoms with Crippen LogP contribution >= 0.6 is 27.3 Å². The largest absolute Gasteiger partial charge is 0.302 e. The van der Waals surface area contributed by atoms with E-state index >= 15 is 0 Å². The van der Waals surface area contributed by atoms with Gasteiger partial charge in [-0.25, -0.2) is 8.42 Å². The minimum absolute atomic E-state index is 0.0750. The third kappa shape index (κ3) is 2.74. The summed E-state index contributed by atoms with van der Waals surface area (Å²) in [5, 5.41) is 6.60. The van der Waals surface area contributed by atoms with Crippen molar-refractivity contribution in [1.29, 1.82) is 0 Å². The quantitative estimate of drug-likeness (QED) is 0.930. The molecule has 1 N–H and O–H groups in total. The van der Waals surface area contributed by atoms with Gasteiger partial charge >= 0.3 is 0 Å². The Morgan fingerprint density at radius 3 is 2.88 bits per heavy atom. The van der Waals surface area contributed by atoms with Gasteiger partial charge in [0.05, 0.1) is 5.75 Å². The molecule has 0 bridgehead atoms. The Morgan fingerprint density at radius 1 is 1.62 bits per heavy atom. The van der Waals surface area contributed by atoms with Crippen LogP contribution in [0.4, 0.5) is 0 Å². The minimum atomic E-state index is -2.97. The zero-order valence-corrected chi connectivity index (χ0v) is 11.9. The van der Waals surface area contributed by atoms with Gasteiger partial charge in [0, 0.05) is 26.8 Å². The third-order valence-corrected chi connectivity index (χ3v) is 5.88. The van der Waals surface area contributed by atoms with Crippen molar-refractivity contribution < 1.29 is 8.42 Å². The van der Waals surface area contributed by atoms with Crippen molar-refractivity contribution in [2.75, 3.05) is 5.75 Å². The second-order valence-corrected chi connectivity index (χ2v) is 7.52. The summed E-state index contributed by atoms with van der Waals surface area (Å²) in [7, 11) is -2.97. The maximum absolute atomic E-state index is 11.2. The Morgan fingerprint density at radius 2 is 2.38 bits per heavy atom. The second kappa shape index (κ2) is 4.60. The van der Waals surface area contributed by atoms with Gasteiger partial charge in [0.25, 0.3) is 0 Å². The monoisotopic (exact) mass is 321 g/mol. The predicted octanol–water partition coefficient (Wildman–Crippen LogP) is 2.47. The van der Waals surface area contributed by atoms with Gasteiger partial charge in [-0.3, -0.25) is 0 Å². The zero-order chi connectivity index (χ0) is 11.8. The van der Waals surface area contributed by atoms with Crippen LogP contribution in [0.15, 0.2) is 27.4 Å². The van der Waals surface area contributed by atoms with Gasteiger partial charge in [0.2, 0.25) is 0 Å². The van der Waals surface area contributed by atoms with E-state index < -0.39 is 9.84 Å². The van der Waals surface area contributed by atoms with Crippen LogP contribution in [0.5, 0.6) is 0 Å². The molecule has 0 amide bonds. The average molecular weight is 322 g/mol. The van der Waals surface area contributed by atoms with E-state index in [4.69, 9.17) is 0 Å². The third-order valence-electron chi connectivity index (χ3n) is 2.43. The Kier molecular flexibility index (Phi) is 3.53. The molecule has 0 fully saturated rings. The van der Waals surface area contributed by atoms with Crippen LogP contribution in [0.25, 0.3) is 0 Å². The molecule has 0 radical (unpaired) electrons. The molecular formula is C10H12BrNO2S2. The molecule has 16 heavy (non-hydrogen) atoms. The van der Waals surface area contributed by atoms with Crippen LogP contribution < -0.4 is 5.32 Å². The molecule has 1 aromatic rings. The van der Waals surface area contributed by atoms with Gasteiger partial charge in [0.15, 0.2) is 9.84 Å². The molecule has 1 aliphatic heterocycles. The van der Waals surface area contributed by atoms with Crippen molar-refractivity contribution >= 4 is 37.1 Å². The summed E-state index contributed by atoms with van der Waals surface area (Å²) < 4.78 is 23.6. The summed E-state index contributed by atoms with van der Waals surface area (Å²) in [5.74, 6) is 0.167. The Balaban J connectivity index is 2.02. The van der Waals surface area contributed by atoms with E-state index in [0.717, 1.165) is 4.47 Å². The number of halogens is 1. The Hall–Kier alpha value is -0.170. The minimum Gasteiger partial charge on any atom is -0.302 e. The number of rotatable bonds is 3. The van der Waals surface area contributed by atoms with E-state index in [2.05, 4.69) is 21.2 Å². The SMILES string of the molecule is CC(NC1C=CS(=O)(=O)C1)c1sccc1Br. The maximum atomic E-state index is 11.2. The van der Waals surface area contributed by atoms with Crippen LogP contribution in [0, 0.1) is 0 Å². The van der Waals surface area contributed by atoms with Crippen LogP contribution in [0.1, 0.15) is 17.8 Å². The lowest BCUT2D eigenvalue weighted by Gasteiger charge is -2.16. The molecule has 0 spiro atoms. The van der Waals surface area contributed by atoms with Gasteiger partial charge in [-0.15, -0.1) is 11.3 Å². The first kappa shape index (κ1) is 12.3. The van der Waals surface area contributed by atoms with E-state index in [1.54, 1.807) is 17.4 Å². The smallest absolute Gasteiger partial charge is 0.173 e. The molecule has 0 aliphatic carbocycles. The van der Waals surface area contributed by atoms with E-state index in [1.165, 1.54) is 10.3 Å². The van der Waals surface area contributed by atoms with E-state index in [1.807, 2.05) is 18.4 Å². The summed E-state index contributed by atoms with van der Waals surface area (Å²) in [6.45, 7) is 2.04. The molecule has 3 nitrogen and oxygen atoms in total. The van der Waals surface area contributed by atoms with E-state index in [0.29, 0.717) is 0 Å². The molecule has 2 heterocycles. The first-order chi connectivity index (χ1) is 7.48. The second-order valence-electron chi connectivity index (χ2n) is 3.79. The highest BCUT2D eigenvalue weighted by Gasteiger charge is 2.23. The molecule has 88 valence electrons. The van der Waals surface area contributed by atoms with Gasteiger partial charge in [0.1, 0.15) is 0 Å². The summed E-state index contributed by atoms with van der Waals surface area (Å²) in [5.41, 5.74) is 0. The van der Waals surface area contributed by atoms with Gasteiger partial charge in [-0.1, -0.05) is 6.08 Å². The standard InChI is InChI=1S/C10H12BrNO2S2/c1-7(10-9(11)2-4-15-10)12-8-3-5-16(13,14)6-8/h2-5,7-8,12H,6H2,1H3. The molecule has 2 atom stereocenters. The summed E-state index contributed by atoms with van der Waals surface area (Å²) in [6, 6.07) is 2.07. The molecule has 1 aliphatic rings.